The Morgan fingerprint density at radius 2 is 1.79 bits per heavy atom. The van der Waals surface area contributed by atoms with Crippen LogP contribution in [0.1, 0.15) is 20.3 Å². The maximum Gasteiger partial charge on any atom is 0.586 e. The number of ether oxygens (including phenoxy) is 2. The molecule has 0 aromatic rings. The molecule has 0 aromatic heterocycles. The van der Waals surface area contributed by atoms with E-state index >= 15 is 0 Å². The summed E-state index contributed by atoms with van der Waals surface area (Å²) in [4.78, 5) is 0. The van der Waals surface area contributed by atoms with Gasteiger partial charge in [-0.2, -0.15) is 0 Å². The topological polar surface area (TPSA) is 18.5 Å². The molecule has 0 atom stereocenters. The van der Waals surface area contributed by atoms with E-state index in [9.17, 15) is 8.78 Å². The summed E-state index contributed by atoms with van der Waals surface area (Å²) in [5.41, 5.74) is 0. The van der Waals surface area contributed by atoms with Crippen LogP contribution in [0.4, 0.5) is 8.78 Å². The minimum Gasteiger partial charge on any atom is -0.395 e. The molecule has 14 heavy (non-hydrogen) atoms. The Labute approximate surface area is 81.5 Å². The van der Waals surface area contributed by atoms with Crippen LogP contribution >= 0.6 is 0 Å². The number of halogens is 2. The van der Waals surface area contributed by atoms with E-state index in [-0.39, 0.29) is 11.5 Å². The summed E-state index contributed by atoms with van der Waals surface area (Å²) in [5, 5.41) is 0. The Hall–Kier alpha value is -1.32. The highest BCUT2D eigenvalue weighted by Gasteiger charge is 2.43. The molecule has 4 heteroatoms. The van der Waals surface area contributed by atoms with Crippen LogP contribution in [-0.4, -0.2) is 6.29 Å². The standard InChI is InChI=1S/C10H12F2O2/c1-3-5-7-9-8(6-4-2)13-10(11,12)14-9/h4-7H,3H2,1-2H3/b6-4-,7-5-. The number of alkyl halides is 2. The molecule has 1 rings (SSSR count). The molecule has 78 valence electrons. The number of rotatable bonds is 3. The molecular formula is C10H12F2O2. The molecule has 0 N–H and O–H groups in total. The normalized spacial score (nSPS) is 20.6. The third-order valence-corrected chi connectivity index (χ3v) is 1.52. The number of hydrogen-bond acceptors (Lipinski definition) is 2. The van der Waals surface area contributed by atoms with Gasteiger partial charge in [-0.15, -0.1) is 8.78 Å². The van der Waals surface area contributed by atoms with Gasteiger partial charge in [0.15, 0.2) is 11.5 Å². The molecule has 1 aliphatic rings. The van der Waals surface area contributed by atoms with Gasteiger partial charge in [0, 0.05) is 0 Å². The first-order valence-corrected chi connectivity index (χ1v) is 4.38. The Balaban J connectivity index is 2.84. The maximum atomic E-state index is 12.6. The van der Waals surface area contributed by atoms with Crippen molar-refractivity contribution < 1.29 is 18.3 Å². The lowest BCUT2D eigenvalue weighted by molar-refractivity contribution is -0.335. The lowest BCUT2D eigenvalue weighted by Gasteiger charge is -2.06. The predicted molar refractivity (Wildman–Crippen MR) is 48.4 cm³/mol. The van der Waals surface area contributed by atoms with Crippen molar-refractivity contribution in [3.8, 4) is 0 Å². The van der Waals surface area contributed by atoms with Crippen LogP contribution in [0.2, 0.25) is 0 Å². The van der Waals surface area contributed by atoms with E-state index in [1.807, 2.05) is 6.92 Å². The van der Waals surface area contributed by atoms with E-state index in [1.165, 1.54) is 12.2 Å². The van der Waals surface area contributed by atoms with Gasteiger partial charge in [-0.3, -0.25) is 0 Å². The Bertz CT molecular complexity index is 290. The van der Waals surface area contributed by atoms with Crippen LogP contribution < -0.4 is 0 Å². The van der Waals surface area contributed by atoms with Gasteiger partial charge < -0.3 is 9.47 Å². The van der Waals surface area contributed by atoms with Crippen molar-refractivity contribution in [2.24, 2.45) is 0 Å². The van der Waals surface area contributed by atoms with Crippen molar-refractivity contribution in [3.63, 3.8) is 0 Å². The molecule has 0 unspecified atom stereocenters. The summed E-state index contributed by atoms with van der Waals surface area (Å²) < 4.78 is 33.9. The summed E-state index contributed by atoms with van der Waals surface area (Å²) in [6.45, 7) is 3.62. The molecule has 1 heterocycles. The second-order valence-corrected chi connectivity index (χ2v) is 2.71. The van der Waals surface area contributed by atoms with Crippen molar-refractivity contribution in [1.82, 2.24) is 0 Å². The Morgan fingerprint density at radius 1 is 1.21 bits per heavy atom. The lowest BCUT2D eigenvalue weighted by atomic mass is 10.3. The summed E-state index contributed by atoms with van der Waals surface area (Å²) in [6.07, 6.45) is 3.47. The molecule has 0 amide bonds. The lowest BCUT2D eigenvalue weighted by Crippen LogP contribution is -2.16. The molecule has 1 aliphatic heterocycles. The van der Waals surface area contributed by atoms with Gasteiger partial charge in [0.25, 0.3) is 0 Å². The largest absolute Gasteiger partial charge is 0.586 e. The Kier molecular flexibility index (Phi) is 3.28. The van der Waals surface area contributed by atoms with Crippen LogP contribution in [0, 0.1) is 0 Å². The smallest absolute Gasteiger partial charge is 0.395 e. The average Bonchev–Trinajstić information content (AvgIpc) is 2.38. The highest BCUT2D eigenvalue weighted by Crippen LogP contribution is 2.34. The van der Waals surface area contributed by atoms with Crippen molar-refractivity contribution in [1.29, 1.82) is 0 Å². The zero-order chi connectivity index (χ0) is 10.6. The van der Waals surface area contributed by atoms with Gasteiger partial charge in [0.1, 0.15) is 0 Å². The van der Waals surface area contributed by atoms with Crippen LogP contribution in [0.3, 0.4) is 0 Å². The first-order valence-electron chi connectivity index (χ1n) is 4.38. The molecule has 2 nitrogen and oxygen atoms in total. The molecule has 0 saturated carbocycles. The van der Waals surface area contributed by atoms with Gasteiger partial charge in [0.2, 0.25) is 0 Å². The van der Waals surface area contributed by atoms with Crippen molar-refractivity contribution in [3.05, 3.63) is 35.8 Å². The van der Waals surface area contributed by atoms with E-state index in [2.05, 4.69) is 9.47 Å². The minimum atomic E-state index is -3.54. The summed E-state index contributed by atoms with van der Waals surface area (Å²) in [5.74, 6) is 0.122. The molecule has 0 aliphatic carbocycles. The van der Waals surface area contributed by atoms with E-state index in [1.54, 1.807) is 19.1 Å². The summed E-state index contributed by atoms with van der Waals surface area (Å²) in [7, 11) is 0. The fraction of sp³-hybridized carbons (Fsp3) is 0.400. The zero-order valence-electron chi connectivity index (χ0n) is 8.09. The van der Waals surface area contributed by atoms with Gasteiger partial charge in [-0.05, 0) is 25.5 Å². The highest BCUT2D eigenvalue weighted by molar-refractivity contribution is 5.26. The number of allylic oxidation sites excluding steroid dienone is 4. The van der Waals surface area contributed by atoms with Crippen molar-refractivity contribution in [2.45, 2.75) is 26.6 Å². The minimum absolute atomic E-state index is 0.0576. The second kappa shape index (κ2) is 4.26. The third-order valence-electron chi connectivity index (χ3n) is 1.52. The molecule has 0 aromatic carbocycles. The first-order chi connectivity index (χ1) is 6.59. The van der Waals surface area contributed by atoms with Crippen LogP contribution in [-0.2, 0) is 9.47 Å². The van der Waals surface area contributed by atoms with Crippen LogP contribution in [0.15, 0.2) is 35.8 Å². The molecule has 0 radical (unpaired) electrons. The third kappa shape index (κ3) is 2.58. The SMILES string of the molecule is C/C=C\C1=C(/C=C\CC)OC(F)(F)O1. The maximum absolute atomic E-state index is 12.6. The Morgan fingerprint density at radius 3 is 2.29 bits per heavy atom. The van der Waals surface area contributed by atoms with Gasteiger partial charge >= 0.3 is 6.29 Å². The van der Waals surface area contributed by atoms with Crippen molar-refractivity contribution in [2.75, 3.05) is 0 Å². The highest BCUT2D eigenvalue weighted by atomic mass is 19.3. The number of hydrogen-bond donors (Lipinski definition) is 0. The summed E-state index contributed by atoms with van der Waals surface area (Å²) >= 11 is 0. The van der Waals surface area contributed by atoms with Gasteiger partial charge in [0.05, 0.1) is 0 Å². The van der Waals surface area contributed by atoms with E-state index in [4.69, 9.17) is 0 Å². The molecule has 0 bridgehead atoms. The molecule has 0 fully saturated rings. The molecule has 0 saturated heterocycles. The first kappa shape index (κ1) is 10.8. The van der Waals surface area contributed by atoms with E-state index < -0.39 is 6.29 Å². The summed E-state index contributed by atoms with van der Waals surface area (Å²) in [6, 6.07) is 0. The molecular weight excluding hydrogens is 190 g/mol. The van der Waals surface area contributed by atoms with Gasteiger partial charge in [-0.1, -0.05) is 19.1 Å². The monoisotopic (exact) mass is 202 g/mol. The fourth-order valence-electron chi connectivity index (χ4n) is 0.986. The predicted octanol–water partition coefficient (Wildman–Crippen LogP) is 3.34. The zero-order valence-corrected chi connectivity index (χ0v) is 8.09. The van der Waals surface area contributed by atoms with Crippen LogP contribution in [0.25, 0.3) is 0 Å². The second-order valence-electron chi connectivity index (χ2n) is 2.71. The average molecular weight is 202 g/mol. The van der Waals surface area contributed by atoms with E-state index in [0.29, 0.717) is 0 Å². The van der Waals surface area contributed by atoms with Crippen LogP contribution in [0.5, 0.6) is 0 Å². The van der Waals surface area contributed by atoms with Gasteiger partial charge in [-0.25, -0.2) is 0 Å². The fourth-order valence-corrected chi connectivity index (χ4v) is 0.986. The van der Waals surface area contributed by atoms with E-state index in [0.717, 1.165) is 6.42 Å². The quantitative estimate of drug-likeness (QED) is 0.698. The van der Waals surface area contributed by atoms with Crippen molar-refractivity contribution >= 4 is 0 Å². The molecule has 0 spiro atoms.